The molecule has 2 aromatic carbocycles. The van der Waals surface area contributed by atoms with Gasteiger partial charge >= 0.3 is 5.97 Å². The molecule has 0 heterocycles. The maximum atomic E-state index is 12.2. The van der Waals surface area contributed by atoms with Crippen LogP contribution in [0.1, 0.15) is 30.5 Å². The second kappa shape index (κ2) is 10.1. The van der Waals surface area contributed by atoms with Gasteiger partial charge in [0.25, 0.3) is 5.91 Å². The highest BCUT2D eigenvalue weighted by molar-refractivity contribution is 5.85. The minimum absolute atomic E-state index is 0.180. The van der Waals surface area contributed by atoms with E-state index in [9.17, 15) is 9.59 Å². The SMILES string of the molecule is CC/C=C/C(=O)OCC(=O)NC(Cc1ccccc1)c1ccccc1. The zero-order chi connectivity index (χ0) is 17.9. The zero-order valence-electron chi connectivity index (χ0n) is 14.4. The van der Waals surface area contributed by atoms with Crippen LogP contribution in [-0.4, -0.2) is 18.5 Å². The van der Waals surface area contributed by atoms with Gasteiger partial charge in [0.05, 0.1) is 6.04 Å². The minimum atomic E-state index is -0.503. The van der Waals surface area contributed by atoms with Crippen LogP contribution in [0.4, 0.5) is 0 Å². The summed E-state index contributed by atoms with van der Waals surface area (Å²) in [4.78, 5) is 23.6. The van der Waals surface area contributed by atoms with Crippen LogP contribution in [0.15, 0.2) is 72.8 Å². The molecular formula is C21H23NO3. The van der Waals surface area contributed by atoms with Crippen LogP contribution in [-0.2, 0) is 20.7 Å². The molecule has 0 aliphatic rings. The highest BCUT2D eigenvalue weighted by Gasteiger charge is 2.16. The first-order chi connectivity index (χ1) is 12.2. The van der Waals surface area contributed by atoms with Crippen LogP contribution < -0.4 is 5.32 Å². The largest absolute Gasteiger partial charge is 0.452 e. The summed E-state index contributed by atoms with van der Waals surface area (Å²) in [7, 11) is 0. The predicted molar refractivity (Wildman–Crippen MR) is 97.9 cm³/mol. The molecule has 1 N–H and O–H groups in total. The molecule has 4 heteroatoms. The summed E-state index contributed by atoms with van der Waals surface area (Å²) in [5.41, 5.74) is 2.14. The van der Waals surface area contributed by atoms with Gasteiger partial charge in [-0.1, -0.05) is 73.7 Å². The fraction of sp³-hybridized carbons (Fsp3) is 0.238. The Labute approximate surface area is 148 Å². The molecule has 1 amide bonds. The first kappa shape index (κ1) is 18.5. The van der Waals surface area contributed by atoms with Gasteiger partial charge in [0.1, 0.15) is 0 Å². The Kier molecular flexibility index (Phi) is 7.44. The lowest BCUT2D eigenvalue weighted by atomic mass is 9.99. The van der Waals surface area contributed by atoms with Gasteiger partial charge < -0.3 is 10.1 Å². The highest BCUT2D eigenvalue weighted by Crippen LogP contribution is 2.18. The van der Waals surface area contributed by atoms with Crippen molar-refractivity contribution in [3.05, 3.63) is 83.9 Å². The van der Waals surface area contributed by atoms with Gasteiger partial charge in [-0.05, 0) is 24.0 Å². The summed E-state index contributed by atoms with van der Waals surface area (Å²) in [6, 6.07) is 19.5. The third kappa shape index (κ3) is 6.63. The van der Waals surface area contributed by atoms with Crippen molar-refractivity contribution in [2.45, 2.75) is 25.8 Å². The number of carbonyl (C=O) groups excluding carboxylic acids is 2. The Bertz CT molecular complexity index is 696. The number of carbonyl (C=O) groups is 2. The van der Waals surface area contributed by atoms with E-state index >= 15 is 0 Å². The second-order valence-electron chi connectivity index (χ2n) is 5.64. The summed E-state index contributed by atoms with van der Waals surface area (Å²) < 4.78 is 4.96. The maximum absolute atomic E-state index is 12.2. The Morgan fingerprint density at radius 2 is 1.68 bits per heavy atom. The Morgan fingerprint density at radius 3 is 2.32 bits per heavy atom. The van der Waals surface area contributed by atoms with Crippen molar-refractivity contribution in [2.24, 2.45) is 0 Å². The molecule has 0 spiro atoms. The quantitative estimate of drug-likeness (QED) is 0.591. The zero-order valence-corrected chi connectivity index (χ0v) is 14.4. The molecule has 0 aliphatic heterocycles. The minimum Gasteiger partial charge on any atom is -0.452 e. The number of amides is 1. The molecule has 25 heavy (non-hydrogen) atoms. The van der Waals surface area contributed by atoms with E-state index in [4.69, 9.17) is 4.74 Å². The van der Waals surface area contributed by atoms with Crippen molar-refractivity contribution in [2.75, 3.05) is 6.61 Å². The number of allylic oxidation sites excluding steroid dienone is 1. The molecule has 0 aliphatic carbocycles. The van der Waals surface area contributed by atoms with Gasteiger partial charge in [-0.2, -0.15) is 0 Å². The summed E-state index contributed by atoms with van der Waals surface area (Å²) in [6.45, 7) is 1.63. The van der Waals surface area contributed by atoms with Crippen LogP contribution >= 0.6 is 0 Å². The fourth-order valence-corrected chi connectivity index (χ4v) is 2.42. The first-order valence-electron chi connectivity index (χ1n) is 8.40. The number of hydrogen-bond acceptors (Lipinski definition) is 3. The van der Waals surface area contributed by atoms with E-state index in [-0.39, 0.29) is 18.6 Å². The van der Waals surface area contributed by atoms with Crippen molar-refractivity contribution >= 4 is 11.9 Å². The van der Waals surface area contributed by atoms with Crippen molar-refractivity contribution in [3.63, 3.8) is 0 Å². The molecule has 1 unspecified atom stereocenters. The number of esters is 1. The van der Waals surface area contributed by atoms with Gasteiger partial charge in [-0.3, -0.25) is 4.79 Å². The Balaban J connectivity index is 1.99. The summed E-state index contributed by atoms with van der Waals surface area (Å²) in [6.07, 6.45) is 4.45. The third-order valence-corrected chi connectivity index (χ3v) is 3.65. The molecular weight excluding hydrogens is 314 g/mol. The van der Waals surface area contributed by atoms with Crippen molar-refractivity contribution < 1.29 is 14.3 Å². The number of benzene rings is 2. The second-order valence-corrected chi connectivity index (χ2v) is 5.64. The maximum Gasteiger partial charge on any atom is 0.330 e. The number of nitrogens with one attached hydrogen (secondary N) is 1. The smallest absolute Gasteiger partial charge is 0.330 e. The van der Waals surface area contributed by atoms with Crippen molar-refractivity contribution in [1.82, 2.24) is 5.32 Å². The molecule has 0 bridgehead atoms. The number of rotatable bonds is 8. The fourth-order valence-electron chi connectivity index (χ4n) is 2.42. The summed E-state index contributed by atoms with van der Waals surface area (Å²) in [5.74, 6) is -0.820. The van der Waals surface area contributed by atoms with Crippen molar-refractivity contribution in [1.29, 1.82) is 0 Å². The van der Waals surface area contributed by atoms with Gasteiger partial charge in [-0.25, -0.2) is 4.79 Å². The predicted octanol–water partition coefficient (Wildman–Crippen LogP) is 3.60. The van der Waals surface area contributed by atoms with E-state index in [2.05, 4.69) is 5.32 Å². The molecule has 0 fully saturated rings. The van der Waals surface area contributed by atoms with Crippen LogP contribution in [0.25, 0.3) is 0 Å². The van der Waals surface area contributed by atoms with Gasteiger partial charge in [0.2, 0.25) is 0 Å². The molecule has 1 atom stereocenters. The molecule has 0 radical (unpaired) electrons. The van der Waals surface area contributed by atoms with Crippen LogP contribution in [0.3, 0.4) is 0 Å². The highest BCUT2D eigenvalue weighted by atomic mass is 16.5. The van der Waals surface area contributed by atoms with E-state index in [1.807, 2.05) is 67.6 Å². The lowest BCUT2D eigenvalue weighted by Gasteiger charge is -2.19. The Morgan fingerprint density at radius 1 is 1.04 bits per heavy atom. The van der Waals surface area contributed by atoms with Gasteiger partial charge in [0, 0.05) is 6.08 Å². The lowest BCUT2D eigenvalue weighted by molar-refractivity contribution is -0.144. The average Bonchev–Trinajstić information content (AvgIpc) is 2.65. The molecule has 130 valence electrons. The van der Waals surface area contributed by atoms with Gasteiger partial charge in [0.15, 0.2) is 6.61 Å². The van der Waals surface area contributed by atoms with E-state index in [0.717, 1.165) is 17.5 Å². The molecule has 0 aromatic heterocycles. The van der Waals surface area contributed by atoms with Crippen molar-refractivity contribution in [3.8, 4) is 0 Å². The summed E-state index contributed by atoms with van der Waals surface area (Å²) in [5, 5.41) is 2.95. The monoisotopic (exact) mass is 337 g/mol. The normalized spacial score (nSPS) is 11.9. The topological polar surface area (TPSA) is 55.4 Å². The average molecular weight is 337 g/mol. The standard InChI is InChI=1S/C21H23NO3/c1-2-3-14-21(24)25-16-20(23)22-19(18-12-8-5-9-13-18)15-17-10-6-4-7-11-17/h3-14,19H,2,15-16H2,1H3,(H,22,23)/b14-3+. The summed E-state index contributed by atoms with van der Waals surface area (Å²) >= 11 is 0. The van der Waals surface area contributed by atoms with E-state index in [0.29, 0.717) is 6.42 Å². The molecule has 0 saturated carbocycles. The third-order valence-electron chi connectivity index (χ3n) is 3.65. The number of hydrogen-bond donors (Lipinski definition) is 1. The molecule has 4 nitrogen and oxygen atoms in total. The van der Waals surface area contributed by atoms with E-state index < -0.39 is 5.97 Å². The molecule has 2 aromatic rings. The Hall–Kier alpha value is -2.88. The van der Waals surface area contributed by atoms with Crippen LogP contribution in [0.2, 0.25) is 0 Å². The first-order valence-corrected chi connectivity index (χ1v) is 8.40. The number of ether oxygens (including phenoxy) is 1. The lowest BCUT2D eigenvalue weighted by Crippen LogP contribution is -2.33. The molecule has 2 rings (SSSR count). The van der Waals surface area contributed by atoms with Gasteiger partial charge in [-0.15, -0.1) is 0 Å². The molecule has 0 saturated heterocycles. The van der Waals surface area contributed by atoms with E-state index in [1.165, 1.54) is 6.08 Å². The van der Waals surface area contributed by atoms with Crippen LogP contribution in [0.5, 0.6) is 0 Å². The van der Waals surface area contributed by atoms with Crippen LogP contribution in [0, 0.1) is 0 Å². The van der Waals surface area contributed by atoms with E-state index in [1.54, 1.807) is 6.08 Å².